The van der Waals surface area contributed by atoms with Gasteiger partial charge in [0, 0.05) is 18.2 Å². The Morgan fingerprint density at radius 3 is 2.75 bits per heavy atom. The molecule has 28 heavy (non-hydrogen) atoms. The normalized spacial score (nSPS) is 20.4. The number of sulfone groups is 1. The quantitative estimate of drug-likeness (QED) is 0.549. The number of H-pyrrole nitrogens is 1. The summed E-state index contributed by atoms with van der Waals surface area (Å²) in [5.41, 5.74) is 8.26. The fraction of sp³-hybridized carbons (Fsp3) is 0.316. The highest BCUT2D eigenvalue weighted by Crippen LogP contribution is 2.35. The molecule has 144 valence electrons. The maximum Gasteiger partial charge on any atom is 0.228 e. The number of aryl methyl sites for hydroxylation is 1. The third kappa shape index (κ3) is 2.46. The summed E-state index contributed by atoms with van der Waals surface area (Å²) in [5.74, 6) is 0.899. The Kier molecular flexibility index (Phi) is 3.78. The minimum atomic E-state index is -3.87. The standard InChI is InChI=1S/C19H20N6O2S/c1-11-4-2-3-5-15(11)28(26,27)19-18-24-23-17(12-6-7-13(20)10-12)25(18)14-8-9-21-16(14)22-19/h2-5,8-9,12-13,21H,6-7,10,20H2,1H3/t12-,13-/m1/s1. The van der Waals surface area contributed by atoms with Gasteiger partial charge in [-0.2, -0.15) is 0 Å². The largest absolute Gasteiger partial charge is 0.345 e. The maximum absolute atomic E-state index is 13.4. The smallest absolute Gasteiger partial charge is 0.228 e. The summed E-state index contributed by atoms with van der Waals surface area (Å²) in [6, 6.07) is 8.88. The van der Waals surface area contributed by atoms with Crippen LogP contribution in [0.15, 0.2) is 46.5 Å². The molecule has 3 heterocycles. The molecule has 0 radical (unpaired) electrons. The topological polar surface area (TPSA) is 119 Å². The Morgan fingerprint density at radius 1 is 1.18 bits per heavy atom. The summed E-state index contributed by atoms with van der Waals surface area (Å²) >= 11 is 0. The van der Waals surface area contributed by atoms with E-state index in [4.69, 9.17) is 5.73 Å². The van der Waals surface area contributed by atoms with E-state index in [1.54, 1.807) is 31.3 Å². The molecule has 3 N–H and O–H groups in total. The van der Waals surface area contributed by atoms with Crippen LogP contribution >= 0.6 is 0 Å². The minimum Gasteiger partial charge on any atom is -0.345 e. The average Bonchev–Trinajstić information content (AvgIpc) is 3.39. The number of nitrogens with one attached hydrogen (secondary N) is 1. The fourth-order valence-electron chi connectivity index (χ4n) is 4.10. The monoisotopic (exact) mass is 396 g/mol. The lowest BCUT2D eigenvalue weighted by atomic mass is 10.1. The van der Waals surface area contributed by atoms with Gasteiger partial charge < -0.3 is 10.7 Å². The zero-order valence-corrected chi connectivity index (χ0v) is 16.1. The molecule has 0 amide bonds. The van der Waals surface area contributed by atoms with Crippen molar-refractivity contribution >= 4 is 26.6 Å². The van der Waals surface area contributed by atoms with Crippen LogP contribution in [0.5, 0.6) is 0 Å². The molecule has 4 aromatic rings. The molecule has 9 heteroatoms. The molecule has 0 bridgehead atoms. The van der Waals surface area contributed by atoms with Crippen LogP contribution < -0.4 is 5.73 Å². The number of hydrogen-bond donors (Lipinski definition) is 2. The second-order valence-electron chi connectivity index (χ2n) is 7.38. The molecule has 1 fully saturated rings. The predicted octanol–water partition coefficient (Wildman–Crippen LogP) is 2.34. The van der Waals surface area contributed by atoms with Crippen LogP contribution in [0.4, 0.5) is 0 Å². The van der Waals surface area contributed by atoms with Gasteiger partial charge in [0.2, 0.25) is 14.9 Å². The lowest BCUT2D eigenvalue weighted by Crippen LogP contribution is -2.15. The Bertz CT molecular complexity index is 1310. The van der Waals surface area contributed by atoms with Gasteiger partial charge in [0.05, 0.1) is 10.4 Å². The van der Waals surface area contributed by atoms with E-state index in [1.165, 1.54) is 0 Å². The van der Waals surface area contributed by atoms with Crippen LogP contribution in [0.25, 0.3) is 16.8 Å². The number of aromatic amines is 1. The van der Waals surface area contributed by atoms with E-state index in [9.17, 15) is 8.42 Å². The molecule has 0 spiro atoms. The highest BCUT2D eigenvalue weighted by atomic mass is 32.2. The van der Waals surface area contributed by atoms with E-state index in [0.717, 1.165) is 30.6 Å². The van der Waals surface area contributed by atoms with Crippen molar-refractivity contribution in [1.29, 1.82) is 0 Å². The lowest BCUT2D eigenvalue weighted by molar-refractivity contribution is 0.592. The minimum absolute atomic E-state index is 0.0854. The summed E-state index contributed by atoms with van der Waals surface area (Å²) < 4.78 is 28.7. The van der Waals surface area contributed by atoms with E-state index < -0.39 is 9.84 Å². The number of aromatic nitrogens is 5. The molecule has 0 unspecified atom stereocenters. The Balaban J connectivity index is 1.81. The van der Waals surface area contributed by atoms with Crippen molar-refractivity contribution in [3.63, 3.8) is 0 Å². The molecule has 0 saturated heterocycles. The number of nitrogens with zero attached hydrogens (tertiary/aromatic N) is 4. The first-order chi connectivity index (χ1) is 13.5. The Morgan fingerprint density at radius 2 is 2.00 bits per heavy atom. The molecular formula is C19H20N6O2S. The number of hydrogen-bond acceptors (Lipinski definition) is 6. The second-order valence-corrected chi connectivity index (χ2v) is 9.22. The first-order valence-corrected chi connectivity index (χ1v) is 10.7. The number of benzene rings is 1. The van der Waals surface area contributed by atoms with Crippen molar-refractivity contribution in [2.24, 2.45) is 5.73 Å². The molecule has 2 atom stereocenters. The van der Waals surface area contributed by atoms with Crippen molar-refractivity contribution in [2.45, 2.75) is 48.1 Å². The van der Waals surface area contributed by atoms with Gasteiger partial charge in [-0.3, -0.25) is 4.40 Å². The first-order valence-electron chi connectivity index (χ1n) is 9.25. The molecule has 5 rings (SSSR count). The van der Waals surface area contributed by atoms with Gasteiger partial charge in [-0.1, -0.05) is 18.2 Å². The second kappa shape index (κ2) is 6.11. The fourth-order valence-corrected chi connectivity index (χ4v) is 5.65. The number of rotatable bonds is 3. The van der Waals surface area contributed by atoms with E-state index in [1.807, 2.05) is 16.5 Å². The van der Waals surface area contributed by atoms with E-state index >= 15 is 0 Å². The predicted molar refractivity (Wildman–Crippen MR) is 104 cm³/mol. The van der Waals surface area contributed by atoms with E-state index in [-0.39, 0.29) is 27.5 Å². The van der Waals surface area contributed by atoms with Gasteiger partial charge >= 0.3 is 0 Å². The maximum atomic E-state index is 13.4. The highest BCUT2D eigenvalue weighted by Gasteiger charge is 2.32. The third-order valence-corrected chi connectivity index (χ3v) is 7.33. The van der Waals surface area contributed by atoms with Gasteiger partial charge in [-0.25, -0.2) is 13.4 Å². The van der Waals surface area contributed by atoms with Gasteiger partial charge in [0.15, 0.2) is 11.3 Å². The zero-order chi connectivity index (χ0) is 19.5. The SMILES string of the molecule is Cc1ccccc1S(=O)(=O)c1nc2[nH]ccc2n2c([C@@H]3CC[C@@H](N)C3)nnc12. The molecule has 8 nitrogen and oxygen atoms in total. The van der Waals surface area contributed by atoms with Crippen LogP contribution in [-0.4, -0.2) is 39.0 Å². The van der Waals surface area contributed by atoms with Crippen LogP contribution in [0.3, 0.4) is 0 Å². The van der Waals surface area contributed by atoms with Crippen molar-refractivity contribution in [1.82, 2.24) is 24.6 Å². The van der Waals surface area contributed by atoms with Gasteiger partial charge in [0.25, 0.3) is 0 Å². The third-order valence-electron chi connectivity index (χ3n) is 5.51. The molecule has 0 aliphatic heterocycles. The van der Waals surface area contributed by atoms with Crippen molar-refractivity contribution < 1.29 is 8.42 Å². The van der Waals surface area contributed by atoms with Gasteiger partial charge in [-0.15, -0.1) is 10.2 Å². The number of fused-ring (bicyclic) bond motifs is 3. The lowest BCUT2D eigenvalue weighted by Gasteiger charge is -2.11. The molecule has 1 aliphatic carbocycles. The van der Waals surface area contributed by atoms with E-state index in [2.05, 4.69) is 20.2 Å². The van der Waals surface area contributed by atoms with Crippen LogP contribution in [-0.2, 0) is 9.84 Å². The summed E-state index contributed by atoms with van der Waals surface area (Å²) in [4.78, 5) is 7.67. The average molecular weight is 396 g/mol. The Labute approximate surface area is 161 Å². The first kappa shape index (κ1) is 17.3. The summed E-state index contributed by atoms with van der Waals surface area (Å²) in [5, 5.41) is 8.54. The molecule has 1 aromatic carbocycles. The molecule has 1 saturated carbocycles. The summed E-state index contributed by atoms with van der Waals surface area (Å²) in [6.45, 7) is 1.77. The van der Waals surface area contributed by atoms with Crippen molar-refractivity contribution in [2.75, 3.05) is 0 Å². The van der Waals surface area contributed by atoms with Crippen molar-refractivity contribution in [3.8, 4) is 0 Å². The molecule has 1 aliphatic rings. The zero-order valence-electron chi connectivity index (χ0n) is 15.3. The number of nitrogens with two attached hydrogens (primary N) is 1. The highest BCUT2D eigenvalue weighted by molar-refractivity contribution is 7.91. The van der Waals surface area contributed by atoms with Gasteiger partial charge in [-0.05, 0) is 43.9 Å². The van der Waals surface area contributed by atoms with E-state index in [0.29, 0.717) is 11.2 Å². The summed E-state index contributed by atoms with van der Waals surface area (Å²) in [7, 11) is -3.87. The van der Waals surface area contributed by atoms with Crippen LogP contribution in [0, 0.1) is 6.92 Å². The molecule has 3 aromatic heterocycles. The summed E-state index contributed by atoms with van der Waals surface area (Å²) in [6.07, 6.45) is 4.39. The van der Waals surface area contributed by atoms with Crippen LogP contribution in [0.2, 0.25) is 0 Å². The van der Waals surface area contributed by atoms with Gasteiger partial charge in [0.1, 0.15) is 5.82 Å². The van der Waals surface area contributed by atoms with Crippen LogP contribution in [0.1, 0.15) is 36.6 Å². The Hall–Kier alpha value is -2.78. The molecular weight excluding hydrogens is 376 g/mol. The van der Waals surface area contributed by atoms with Crippen molar-refractivity contribution in [3.05, 3.63) is 47.9 Å².